The average molecular weight is 282 g/mol. The number of rotatable bonds is 4. The van der Waals surface area contributed by atoms with E-state index in [1.165, 1.54) is 12.8 Å². The van der Waals surface area contributed by atoms with Gasteiger partial charge in [-0.3, -0.25) is 19.4 Å². The highest BCUT2D eigenvalue weighted by molar-refractivity contribution is 5.78. The van der Waals surface area contributed by atoms with Crippen LogP contribution in [0.15, 0.2) is 0 Å². The molecule has 0 radical (unpaired) electrons. The first-order valence-corrected chi connectivity index (χ1v) is 7.66. The van der Waals surface area contributed by atoms with Gasteiger partial charge in [0.25, 0.3) is 0 Å². The smallest absolute Gasteiger partial charge is 0.236 e. The van der Waals surface area contributed by atoms with Crippen molar-refractivity contribution in [1.82, 2.24) is 14.7 Å². The fourth-order valence-corrected chi connectivity index (χ4v) is 2.94. The molecule has 2 saturated heterocycles. The maximum absolute atomic E-state index is 12.3. The number of amides is 2. The highest BCUT2D eigenvalue weighted by Gasteiger charge is 2.22. The Bertz CT molecular complexity index is 332. The van der Waals surface area contributed by atoms with E-state index in [0.29, 0.717) is 13.1 Å². The van der Waals surface area contributed by atoms with Crippen molar-refractivity contribution in [2.45, 2.75) is 25.7 Å². The quantitative estimate of drug-likeness (QED) is 0.754. The van der Waals surface area contributed by atoms with Gasteiger partial charge in [0.2, 0.25) is 11.8 Å². The van der Waals surface area contributed by atoms with Crippen LogP contribution in [-0.2, 0) is 9.59 Å². The van der Waals surface area contributed by atoms with Crippen molar-refractivity contribution in [3.05, 3.63) is 0 Å². The van der Waals surface area contributed by atoms with Crippen LogP contribution >= 0.6 is 0 Å². The summed E-state index contributed by atoms with van der Waals surface area (Å²) in [6.07, 6.45) is 4.77. The van der Waals surface area contributed by atoms with Gasteiger partial charge in [0.1, 0.15) is 0 Å². The number of nitrogens with two attached hydrogens (primary N) is 1. The molecule has 2 heterocycles. The third-order valence-electron chi connectivity index (χ3n) is 4.16. The summed E-state index contributed by atoms with van der Waals surface area (Å²) < 4.78 is 0. The number of primary amides is 1. The van der Waals surface area contributed by atoms with Gasteiger partial charge < -0.3 is 10.6 Å². The number of carbonyl (C=O) groups excluding carboxylic acids is 2. The number of likely N-dealkylation sites (tertiary alicyclic amines) is 1. The van der Waals surface area contributed by atoms with Gasteiger partial charge in [0.15, 0.2) is 0 Å². The fourth-order valence-electron chi connectivity index (χ4n) is 2.94. The van der Waals surface area contributed by atoms with Crippen molar-refractivity contribution in [3.63, 3.8) is 0 Å². The van der Waals surface area contributed by atoms with Gasteiger partial charge in [-0.05, 0) is 12.8 Å². The summed E-state index contributed by atoms with van der Waals surface area (Å²) in [5, 5.41) is 0. The van der Waals surface area contributed by atoms with E-state index in [1.54, 1.807) is 0 Å². The molecule has 0 aromatic carbocycles. The third-order valence-corrected chi connectivity index (χ3v) is 4.16. The maximum atomic E-state index is 12.3. The van der Waals surface area contributed by atoms with Crippen molar-refractivity contribution >= 4 is 11.8 Å². The molecule has 0 atom stereocenters. The first kappa shape index (κ1) is 15.3. The minimum absolute atomic E-state index is 0.259. The number of hydrogen-bond acceptors (Lipinski definition) is 4. The molecule has 2 N–H and O–H groups in total. The molecular formula is C14H26N4O2. The van der Waals surface area contributed by atoms with Crippen molar-refractivity contribution in [1.29, 1.82) is 0 Å². The molecule has 6 heteroatoms. The summed E-state index contributed by atoms with van der Waals surface area (Å²) in [4.78, 5) is 29.4. The topological polar surface area (TPSA) is 69.9 Å². The lowest BCUT2D eigenvalue weighted by Gasteiger charge is -2.34. The Morgan fingerprint density at radius 2 is 1.25 bits per heavy atom. The Balaban J connectivity index is 1.71. The zero-order valence-electron chi connectivity index (χ0n) is 12.2. The molecule has 2 aliphatic heterocycles. The summed E-state index contributed by atoms with van der Waals surface area (Å²) >= 11 is 0. The largest absolute Gasteiger partial charge is 0.369 e. The molecule has 2 fully saturated rings. The first-order valence-electron chi connectivity index (χ1n) is 7.66. The minimum atomic E-state index is -0.279. The lowest BCUT2D eigenvalue weighted by Crippen LogP contribution is -2.51. The van der Waals surface area contributed by atoms with Crippen molar-refractivity contribution in [3.8, 4) is 0 Å². The van der Waals surface area contributed by atoms with Crippen LogP contribution in [0.25, 0.3) is 0 Å². The lowest BCUT2D eigenvalue weighted by molar-refractivity contribution is -0.133. The van der Waals surface area contributed by atoms with E-state index in [-0.39, 0.29) is 11.8 Å². The van der Waals surface area contributed by atoms with Crippen LogP contribution in [0.3, 0.4) is 0 Å². The second kappa shape index (κ2) is 7.59. The van der Waals surface area contributed by atoms with Crippen LogP contribution in [-0.4, -0.2) is 78.9 Å². The normalized spacial score (nSPS) is 22.5. The molecule has 114 valence electrons. The molecule has 0 aromatic heterocycles. The summed E-state index contributed by atoms with van der Waals surface area (Å²) in [7, 11) is 0. The van der Waals surface area contributed by atoms with Gasteiger partial charge in [0.05, 0.1) is 13.1 Å². The molecule has 0 aliphatic carbocycles. The van der Waals surface area contributed by atoms with Gasteiger partial charge in [0, 0.05) is 39.3 Å². The van der Waals surface area contributed by atoms with Crippen LogP contribution in [0.1, 0.15) is 25.7 Å². The van der Waals surface area contributed by atoms with E-state index in [9.17, 15) is 9.59 Å². The molecule has 0 unspecified atom stereocenters. The van der Waals surface area contributed by atoms with Crippen LogP contribution in [0, 0.1) is 0 Å². The highest BCUT2D eigenvalue weighted by atomic mass is 16.2. The fraction of sp³-hybridized carbons (Fsp3) is 0.857. The zero-order chi connectivity index (χ0) is 14.4. The molecule has 0 saturated carbocycles. The molecule has 2 amide bonds. The Morgan fingerprint density at radius 3 is 1.75 bits per heavy atom. The number of carbonyl (C=O) groups is 2. The molecule has 0 spiro atoms. The van der Waals surface area contributed by atoms with Crippen LogP contribution in [0.2, 0.25) is 0 Å². The van der Waals surface area contributed by atoms with Gasteiger partial charge in [-0.25, -0.2) is 0 Å². The van der Waals surface area contributed by atoms with Gasteiger partial charge >= 0.3 is 0 Å². The Labute approximate surface area is 120 Å². The first-order chi connectivity index (χ1) is 9.65. The maximum Gasteiger partial charge on any atom is 0.236 e. The van der Waals surface area contributed by atoms with Gasteiger partial charge in [-0.2, -0.15) is 0 Å². The van der Waals surface area contributed by atoms with E-state index in [1.807, 2.05) is 4.90 Å². The summed E-state index contributed by atoms with van der Waals surface area (Å²) in [6.45, 7) is 5.99. The summed E-state index contributed by atoms with van der Waals surface area (Å²) in [5.74, 6) is -0.0191. The summed E-state index contributed by atoms with van der Waals surface area (Å²) in [6, 6.07) is 0. The molecule has 20 heavy (non-hydrogen) atoms. The number of nitrogens with zero attached hydrogens (tertiary/aromatic N) is 3. The molecule has 0 bridgehead atoms. The van der Waals surface area contributed by atoms with Gasteiger partial charge in [-0.15, -0.1) is 0 Å². The standard InChI is InChI=1S/C14H26N4O2/c15-13(19)11-16-7-9-17(10-8-16)12-14(20)18-5-3-1-2-4-6-18/h1-12H2,(H2,15,19). The molecule has 2 rings (SSSR count). The van der Waals surface area contributed by atoms with E-state index < -0.39 is 0 Å². The Kier molecular flexibility index (Phi) is 5.79. The lowest BCUT2D eigenvalue weighted by atomic mass is 10.2. The van der Waals surface area contributed by atoms with Crippen molar-refractivity contribution in [2.75, 3.05) is 52.4 Å². The monoisotopic (exact) mass is 282 g/mol. The molecular weight excluding hydrogens is 256 g/mol. The van der Waals surface area contributed by atoms with Gasteiger partial charge in [-0.1, -0.05) is 12.8 Å². The summed E-state index contributed by atoms with van der Waals surface area (Å²) in [5.41, 5.74) is 5.20. The zero-order valence-corrected chi connectivity index (χ0v) is 12.2. The second-order valence-corrected chi connectivity index (χ2v) is 5.81. The third kappa shape index (κ3) is 4.76. The molecule has 6 nitrogen and oxygen atoms in total. The Morgan fingerprint density at radius 1 is 0.750 bits per heavy atom. The van der Waals surface area contributed by atoms with Crippen LogP contribution < -0.4 is 5.73 Å². The van der Waals surface area contributed by atoms with E-state index >= 15 is 0 Å². The Hall–Kier alpha value is -1.14. The molecule has 0 aromatic rings. The predicted molar refractivity (Wildman–Crippen MR) is 77.1 cm³/mol. The average Bonchev–Trinajstić information content (AvgIpc) is 2.69. The van der Waals surface area contributed by atoms with Crippen molar-refractivity contribution < 1.29 is 9.59 Å². The van der Waals surface area contributed by atoms with Crippen LogP contribution in [0.4, 0.5) is 0 Å². The SMILES string of the molecule is NC(=O)CN1CCN(CC(=O)N2CCCCCC2)CC1. The van der Waals surface area contributed by atoms with Crippen LogP contribution in [0.5, 0.6) is 0 Å². The highest BCUT2D eigenvalue weighted by Crippen LogP contribution is 2.10. The van der Waals surface area contributed by atoms with E-state index in [0.717, 1.165) is 52.1 Å². The van der Waals surface area contributed by atoms with E-state index in [4.69, 9.17) is 5.73 Å². The van der Waals surface area contributed by atoms with Crippen molar-refractivity contribution in [2.24, 2.45) is 5.73 Å². The minimum Gasteiger partial charge on any atom is -0.369 e. The molecule has 2 aliphatic rings. The van der Waals surface area contributed by atoms with E-state index in [2.05, 4.69) is 9.80 Å². The number of piperazine rings is 1. The number of hydrogen-bond donors (Lipinski definition) is 1. The second-order valence-electron chi connectivity index (χ2n) is 5.81. The predicted octanol–water partition coefficient (Wildman–Crippen LogP) is -0.508.